The van der Waals surface area contributed by atoms with Crippen molar-refractivity contribution in [2.24, 2.45) is 17.8 Å². The number of halogens is 2. The number of nitrogens with zero attached hydrogens (tertiary/aromatic N) is 3. The molecule has 6 nitrogen and oxygen atoms in total. The molecule has 1 aliphatic heterocycles. The number of ether oxygens (including phenoxy) is 1. The summed E-state index contributed by atoms with van der Waals surface area (Å²) in [5, 5.41) is 0. The van der Waals surface area contributed by atoms with Crippen LogP contribution < -0.4 is 9.64 Å². The Morgan fingerprint density at radius 3 is 2.14 bits per heavy atom. The van der Waals surface area contributed by atoms with Crippen molar-refractivity contribution >= 4 is 15.8 Å². The van der Waals surface area contributed by atoms with Gasteiger partial charge in [-0.15, -0.1) is 0 Å². The molecule has 2 aliphatic rings. The summed E-state index contributed by atoms with van der Waals surface area (Å²) >= 11 is 0. The first-order chi connectivity index (χ1) is 16.7. The number of fused-ring (bicyclic) bond motifs is 1. The maximum atomic E-state index is 14.7. The fraction of sp³-hybridized carbons (Fsp3) is 0.385. The normalized spacial score (nSPS) is 21.1. The highest BCUT2D eigenvalue weighted by atomic mass is 32.2. The molecule has 35 heavy (non-hydrogen) atoms. The summed E-state index contributed by atoms with van der Waals surface area (Å²) in [6.07, 6.45) is 6.89. The smallest absolute Gasteiger partial charge is 0.225 e. The molecule has 2 heterocycles. The van der Waals surface area contributed by atoms with Gasteiger partial charge in [0, 0.05) is 37.7 Å². The average Bonchev–Trinajstić information content (AvgIpc) is 3.27. The number of rotatable bonds is 8. The molecule has 3 atom stereocenters. The van der Waals surface area contributed by atoms with E-state index in [1.807, 2.05) is 12.4 Å². The molecule has 0 radical (unpaired) electrons. The van der Waals surface area contributed by atoms with Crippen LogP contribution in [-0.4, -0.2) is 44.3 Å². The highest BCUT2D eigenvalue weighted by Crippen LogP contribution is 2.52. The van der Waals surface area contributed by atoms with E-state index in [1.54, 1.807) is 0 Å². The Labute approximate surface area is 203 Å². The van der Waals surface area contributed by atoms with E-state index in [4.69, 9.17) is 4.74 Å². The van der Waals surface area contributed by atoms with Crippen LogP contribution in [0.2, 0.25) is 0 Å². The van der Waals surface area contributed by atoms with Crippen LogP contribution in [0, 0.1) is 29.4 Å². The van der Waals surface area contributed by atoms with Gasteiger partial charge in [0.1, 0.15) is 0 Å². The Bertz CT molecular complexity index is 1300. The summed E-state index contributed by atoms with van der Waals surface area (Å²) < 4.78 is 58.2. The van der Waals surface area contributed by atoms with Gasteiger partial charge in [0.25, 0.3) is 0 Å². The van der Waals surface area contributed by atoms with Crippen LogP contribution in [0.25, 0.3) is 11.1 Å². The van der Waals surface area contributed by atoms with Crippen LogP contribution in [0.3, 0.4) is 0 Å². The summed E-state index contributed by atoms with van der Waals surface area (Å²) in [5.74, 6) is -0.125. The number of anilines is 1. The Hall–Kier alpha value is -3.07. The van der Waals surface area contributed by atoms with Gasteiger partial charge in [-0.25, -0.2) is 27.2 Å². The second-order valence-corrected chi connectivity index (χ2v) is 11.4. The van der Waals surface area contributed by atoms with Crippen molar-refractivity contribution in [1.82, 2.24) is 9.97 Å². The number of sulfone groups is 1. The van der Waals surface area contributed by atoms with Gasteiger partial charge >= 0.3 is 0 Å². The van der Waals surface area contributed by atoms with Gasteiger partial charge in [0.2, 0.25) is 5.95 Å². The quantitative estimate of drug-likeness (QED) is 0.453. The van der Waals surface area contributed by atoms with E-state index < -0.39 is 21.5 Å². The molecule has 0 amide bonds. The van der Waals surface area contributed by atoms with Crippen molar-refractivity contribution in [3.05, 3.63) is 66.0 Å². The van der Waals surface area contributed by atoms with Gasteiger partial charge in [0.05, 0.1) is 11.5 Å². The minimum Gasteiger partial charge on any atom is -0.487 e. The lowest BCUT2D eigenvalue weighted by Crippen LogP contribution is -2.27. The standard InChI is InChI=1S/C26H27F2N3O3S/c1-3-4-16-11-29-26(30-12-16)31-13-20-21(14-31)22(20)15-34-25-23(27)9-18(10-24(25)28)17-5-7-19(8-6-17)35(2,32)33/h5-12,20-22H,3-4,13-15H2,1-2H3/t20-,21?,22+/m0/s1. The molecule has 5 rings (SSSR count). The molecule has 1 aliphatic carbocycles. The number of aromatic nitrogens is 2. The highest BCUT2D eigenvalue weighted by molar-refractivity contribution is 7.90. The summed E-state index contributed by atoms with van der Waals surface area (Å²) in [6, 6.07) is 8.33. The van der Waals surface area contributed by atoms with Crippen molar-refractivity contribution in [1.29, 1.82) is 0 Å². The summed E-state index contributed by atoms with van der Waals surface area (Å²) in [7, 11) is -3.34. The lowest BCUT2D eigenvalue weighted by atomic mass is 10.1. The van der Waals surface area contributed by atoms with E-state index >= 15 is 0 Å². The largest absolute Gasteiger partial charge is 0.487 e. The third kappa shape index (κ3) is 4.87. The SMILES string of the molecule is CCCc1cnc(N2CC3[C@H](COc4c(F)cc(-c5ccc(S(C)(=O)=O)cc5)cc4F)[C@H]3C2)nc1. The van der Waals surface area contributed by atoms with E-state index in [1.165, 1.54) is 36.4 Å². The van der Waals surface area contributed by atoms with Crippen LogP contribution in [0.15, 0.2) is 53.7 Å². The lowest BCUT2D eigenvalue weighted by molar-refractivity contribution is 0.257. The van der Waals surface area contributed by atoms with Crippen molar-refractivity contribution in [2.75, 3.05) is 30.9 Å². The second-order valence-electron chi connectivity index (χ2n) is 9.41. The topological polar surface area (TPSA) is 72.4 Å². The maximum absolute atomic E-state index is 14.7. The van der Waals surface area contributed by atoms with Crippen LogP contribution in [0.5, 0.6) is 5.75 Å². The molecule has 1 aromatic heterocycles. The van der Waals surface area contributed by atoms with E-state index in [9.17, 15) is 17.2 Å². The van der Waals surface area contributed by atoms with Crippen LogP contribution in [-0.2, 0) is 16.3 Å². The van der Waals surface area contributed by atoms with Gasteiger partial charge in [-0.05, 0) is 59.2 Å². The molecule has 184 valence electrons. The van der Waals surface area contributed by atoms with Crippen molar-refractivity contribution in [3.8, 4) is 16.9 Å². The number of piperidine rings is 1. The molecule has 1 saturated carbocycles. The molecule has 9 heteroatoms. The highest BCUT2D eigenvalue weighted by Gasteiger charge is 2.56. The number of hydrogen-bond acceptors (Lipinski definition) is 6. The van der Waals surface area contributed by atoms with Gasteiger partial charge in [-0.3, -0.25) is 0 Å². The summed E-state index contributed by atoms with van der Waals surface area (Å²) in [5.41, 5.74) is 1.97. The lowest BCUT2D eigenvalue weighted by Gasteiger charge is -2.20. The first-order valence-electron chi connectivity index (χ1n) is 11.7. The number of benzene rings is 2. The fourth-order valence-electron chi connectivity index (χ4n) is 4.93. The summed E-state index contributed by atoms with van der Waals surface area (Å²) in [4.78, 5) is 11.3. The van der Waals surface area contributed by atoms with Gasteiger partial charge in [-0.2, -0.15) is 0 Å². The third-order valence-corrected chi connectivity index (χ3v) is 8.05. The molecule has 2 aromatic carbocycles. The Morgan fingerprint density at radius 1 is 1.00 bits per heavy atom. The predicted molar refractivity (Wildman–Crippen MR) is 129 cm³/mol. The zero-order chi connectivity index (χ0) is 24.7. The summed E-state index contributed by atoms with van der Waals surface area (Å²) in [6.45, 7) is 4.02. The molecule has 0 bridgehead atoms. The molecule has 1 unspecified atom stereocenters. The Morgan fingerprint density at radius 2 is 1.60 bits per heavy atom. The maximum Gasteiger partial charge on any atom is 0.225 e. The minimum atomic E-state index is -3.34. The molecule has 2 fully saturated rings. The monoisotopic (exact) mass is 499 g/mol. The van der Waals surface area contributed by atoms with Crippen LogP contribution in [0.1, 0.15) is 18.9 Å². The van der Waals surface area contributed by atoms with Crippen molar-refractivity contribution in [2.45, 2.75) is 24.7 Å². The van der Waals surface area contributed by atoms with E-state index in [0.29, 0.717) is 23.0 Å². The first kappa shape index (κ1) is 23.7. The fourth-order valence-corrected chi connectivity index (χ4v) is 5.56. The number of aryl methyl sites for hydroxylation is 1. The molecule has 0 spiro atoms. The molecule has 0 N–H and O–H groups in total. The first-order valence-corrected chi connectivity index (χ1v) is 13.6. The number of hydrogen-bond donors (Lipinski definition) is 0. The van der Waals surface area contributed by atoms with Crippen LogP contribution in [0.4, 0.5) is 14.7 Å². The molecule has 3 aromatic rings. The molecule has 1 saturated heterocycles. The Kier molecular flexibility index (Phi) is 6.21. The zero-order valence-electron chi connectivity index (χ0n) is 19.6. The van der Waals surface area contributed by atoms with Gasteiger partial charge < -0.3 is 9.64 Å². The minimum absolute atomic E-state index is 0.149. The van der Waals surface area contributed by atoms with E-state index in [-0.39, 0.29) is 23.2 Å². The average molecular weight is 500 g/mol. The zero-order valence-corrected chi connectivity index (χ0v) is 20.4. The second kappa shape index (κ2) is 9.18. The molecular formula is C26H27F2N3O3S. The van der Waals surface area contributed by atoms with Crippen molar-refractivity contribution in [3.63, 3.8) is 0 Å². The van der Waals surface area contributed by atoms with Gasteiger partial charge in [0.15, 0.2) is 27.2 Å². The third-order valence-electron chi connectivity index (χ3n) is 6.92. The van der Waals surface area contributed by atoms with E-state index in [2.05, 4.69) is 21.8 Å². The van der Waals surface area contributed by atoms with E-state index in [0.717, 1.165) is 43.7 Å². The van der Waals surface area contributed by atoms with Gasteiger partial charge in [-0.1, -0.05) is 25.5 Å². The van der Waals surface area contributed by atoms with Crippen LogP contribution >= 0.6 is 0 Å². The van der Waals surface area contributed by atoms with Crippen molar-refractivity contribution < 1.29 is 21.9 Å². The predicted octanol–water partition coefficient (Wildman–Crippen LogP) is 4.54. The molecular weight excluding hydrogens is 472 g/mol. The Balaban J connectivity index is 1.19.